The second-order valence-corrected chi connectivity index (χ2v) is 5.08. The Morgan fingerprint density at radius 2 is 0.760 bits per heavy atom. The van der Waals surface area contributed by atoms with E-state index < -0.39 is 0 Å². The Hall–Kier alpha value is -0.846. The fraction of sp³-hybridized carbons (Fsp3) is 0.0833. The van der Waals surface area contributed by atoms with E-state index in [0.717, 1.165) is 0 Å². The van der Waals surface area contributed by atoms with Crippen molar-refractivity contribution < 1.29 is 21.7 Å². The molecule has 2 aromatic rings. The molecule has 10 radical (unpaired) electrons. The van der Waals surface area contributed by atoms with Crippen LogP contribution in [0.15, 0.2) is 60.7 Å². The Morgan fingerprint density at radius 3 is 0.840 bits per heavy atom. The molecule has 2 aliphatic rings. The van der Waals surface area contributed by atoms with Crippen molar-refractivity contribution in [2.75, 3.05) is 0 Å². The van der Waals surface area contributed by atoms with Gasteiger partial charge < -0.3 is 0 Å². The summed E-state index contributed by atoms with van der Waals surface area (Å²) >= 11 is 0. The minimum Gasteiger partial charge on any atom is -0.184 e. The van der Waals surface area contributed by atoms with Gasteiger partial charge in [0.05, 0.1) is 0 Å². The monoisotopic (exact) mass is 360 g/mol. The van der Waals surface area contributed by atoms with E-state index in [0.29, 0.717) is 0 Å². The zero-order valence-corrected chi connectivity index (χ0v) is 16.5. The molecular weight excluding hydrogens is 336 g/mol. The van der Waals surface area contributed by atoms with Gasteiger partial charge in [-0.15, -0.1) is 0 Å². The van der Waals surface area contributed by atoms with E-state index in [1.54, 1.807) is 0 Å². The second kappa shape index (κ2) is 18.0. The van der Waals surface area contributed by atoms with Crippen LogP contribution in [0.3, 0.4) is 0 Å². The van der Waals surface area contributed by atoms with E-state index >= 15 is 0 Å². The maximum absolute atomic E-state index is 2.89. The topological polar surface area (TPSA) is 0 Å². The minimum atomic E-state index is 0. The van der Waals surface area contributed by atoms with Crippen LogP contribution in [0.5, 0.6) is 0 Å². The molecular formula is C24H24Ti. The van der Waals surface area contributed by atoms with Gasteiger partial charge in [-0.3, -0.25) is 0 Å². The van der Waals surface area contributed by atoms with E-state index in [-0.39, 0.29) is 21.7 Å². The molecule has 0 amide bonds. The molecule has 1 heteroatoms. The largest absolute Gasteiger partial charge is 2.00 e. The van der Waals surface area contributed by atoms with Crippen LogP contribution in [-0.2, 0) is 21.7 Å². The van der Waals surface area contributed by atoms with Crippen LogP contribution in [0.2, 0.25) is 0 Å². The van der Waals surface area contributed by atoms with Crippen LogP contribution < -0.4 is 0 Å². The predicted octanol–water partition coefficient (Wildman–Crippen LogP) is 5.79. The molecule has 0 spiro atoms. The first-order valence-corrected chi connectivity index (χ1v) is 7.98. The van der Waals surface area contributed by atoms with Gasteiger partial charge in [0.1, 0.15) is 0 Å². The first-order chi connectivity index (χ1) is 11.8. The Kier molecular flexibility index (Phi) is 17.4. The van der Waals surface area contributed by atoms with Gasteiger partial charge in [0.2, 0.25) is 0 Å². The molecule has 0 saturated heterocycles. The molecule has 124 valence electrons. The number of benzene rings is 2. The summed E-state index contributed by atoms with van der Waals surface area (Å²) in [6, 6.07) is 25.0. The molecule has 4 rings (SSSR count). The quantitative estimate of drug-likeness (QED) is 0.412. The van der Waals surface area contributed by atoms with Crippen molar-refractivity contribution >= 4 is 0 Å². The third kappa shape index (κ3) is 16.4. The van der Waals surface area contributed by atoms with Crippen molar-refractivity contribution in [2.45, 2.75) is 13.8 Å². The maximum atomic E-state index is 2.89. The predicted molar refractivity (Wildman–Crippen MR) is 103 cm³/mol. The molecule has 0 heterocycles. The van der Waals surface area contributed by atoms with Gasteiger partial charge >= 0.3 is 21.7 Å². The summed E-state index contributed by atoms with van der Waals surface area (Å²) < 4.78 is 0. The van der Waals surface area contributed by atoms with Crippen LogP contribution >= 0.6 is 0 Å². The average molecular weight is 360 g/mol. The van der Waals surface area contributed by atoms with Gasteiger partial charge in [-0.1, -0.05) is 13.8 Å². The van der Waals surface area contributed by atoms with Crippen LogP contribution in [-0.4, -0.2) is 0 Å². The average Bonchev–Trinajstić information content (AvgIpc) is 3.33. The molecule has 2 aromatic carbocycles. The summed E-state index contributed by atoms with van der Waals surface area (Å²) in [5.41, 5.74) is 0. The molecule has 2 fully saturated rings. The van der Waals surface area contributed by atoms with Gasteiger partial charge in [0.15, 0.2) is 0 Å². The van der Waals surface area contributed by atoms with E-state index in [1.165, 1.54) is 11.8 Å². The van der Waals surface area contributed by atoms with Crippen LogP contribution in [0.25, 0.3) is 0 Å². The van der Waals surface area contributed by atoms with Crippen LogP contribution in [0.4, 0.5) is 0 Å². The Morgan fingerprint density at radius 1 is 0.480 bits per heavy atom. The van der Waals surface area contributed by atoms with Gasteiger partial charge in [-0.25, -0.2) is 0 Å². The summed E-state index contributed by atoms with van der Waals surface area (Å²) in [6.45, 7) is 4.17. The molecule has 0 bridgehead atoms. The summed E-state index contributed by atoms with van der Waals surface area (Å²) in [6.07, 6.45) is 16.5. The molecule has 0 nitrogen and oxygen atoms in total. The third-order valence-electron chi connectivity index (χ3n) is 2.87. The Labute approximate surface area is 171 Å². The zero-order chi connectivity index (χ0) is 17.3. The minimum absolute atomic E-state index is 0. The number of hydrogen-bond acceptors (Lipinski definition) is 0. The summed E-state index contributed by atoms with van der Waals surface area (Å²) in [5, 5.41) is 0. The molecule has 2 saturated carbocycles. The van der Waals surface area contributed by atoms with Crippen molar-refractivity contribution in [1.82, 2.24) is 0 Å². The second-order valence-electron chi connectivity index (χ2n) is 5.08. The van der Waals surface area contributed by atoms with Gasteiger partial charge in [-0.2, -0.15) is 72.8 Å². The van der Waals surface area contributed by atoms with E-state index in [1.807, 2.05) is 86.3 Å². The zero-order valence-electron chi connectivity index (χ0n) is 14.9. The van der Waals surface area contributed by atoms with Crippen molar-refractivity contribution in [3.8, 4) is 0 Å². The molecule has 0 N–H and O–H groups in total. The molecule has 0 unspecified atom stereocenters. The molecule has 0 aliphatic heterocycles. The molecule has 0 aromatic heterocycles. The third-order valence-corrected chi connectivity index (χ3v) is 2.87. The van der Waals surface area contributed by atoms with E-state index in [2.05, 4.69) is 51.7 Å². The molecule has 25 heavy (non-hydrogen) atoms. The maximum Gasteiger partial charge on any atom is 2.00 e. The Balaban J connectivity index is 0.000000303. The first kappa shape index (κ1) is 24.2. The summed E-state index contributed by atoms with van der Waals surface area (Å²) in [4.78, 5) is 0. The SMILES string of the molecule is C[C]1[CH][CH][CH][CH]1.C[C]1[CH][CH][CH][CH]1.[Ti+2].[c-]1ccccc1.[c-]1ccccc1. The summed E-state index contributed by atoms with van der Waals surface area (Å²) in [5.74, 6) is 2.69. The smallest absolute Gasteiger partial charge is 0.184 e. The van der Waals surface area contributed by atoms with Gasteiger partial charge in [0.25, 0.3) is 0 Å². The number of hydrogen-bond donors (Lipinski definition) is 0. The summed E-state index contributed by atoms with van der Waals surface area (Å²) in [7, 11) is 0. The van der Waals surface area contributed by atoms with Crippen molar-refractivity contribution in [2.24, 2.45) is 0 Å². The van der Waals surface area contributed by atoms with Gasteiger partial charge in [-0.05, 0) is 63.2 Å². The van der Waals surface area contributed by atoms with Crippen LogP contribution in [0, 0.1) is 75.3 Å². The van der Waals surface area contributed by atoms with E-state index in [9.17, 15) is 0 Å². The normalized spacial score (nSPS) is 16.1. The number of rotatable bonds is 0. The standard InChI is InChI=1S/2C6H7.2C6H5.Ti/c2*1-6-4-2-3-5-6;2*1-2-4-6-5-3-1;/h2*2-5H,1H3;2*1-5H;/q;;2*-1;+2. The van der Waals surface area contributed by atoms with E-state index in [4.69, 9.17) is 0 Å². The molecule has 0 atom stereocenters. The fourth-order valence-electron chi connectivity index (χ4n) is 1.62. The van der Waals surface area contributed by atoms with Gasteiger partial charge in [0, 0.05) is 0 Å². The van der Waals surface area contributed by atoms with Crippen molar-refractivity contribution in [3.63, 3.8) is 0 Å². The fourth-order valence-corrected chi connectivity index (χ4v) is 1.62. The molecule has 2 aliphatic carbocycles. The van der Waals surface area contributed by atoms with Crippen LogP contribution in [0.1, 0.15) is 13.8 Å². The first-order valence-electron chi connectivity index (χ1n) is 7.98. The Bertz CT molecular complexity index is 343. The van der Waals surface area contributed by atoms with Crippen molar-refractivity contribution in [1.29, 1.82) is 0 Å². The van der Waals surface area contributed by atoms with Crippen molar-refractivity contribution in [3.05, 3.63) is 136 Å².